The zero-order valence-corrected chi connectivity index (χ0v) is 14.1. The first kappa shape index (κ1) is 17.7. The number of hydrogen-bond acceptors (Lipinski definition) is 3. The van der Waals surface area contributed by atoms with Crippen LogP contribution in [0.4, 0.5) is 9.18 Å². The van der Waals surface area contributed by atoms with Crippen LogP contribution in [0.3, 0.4) is 0 Å². The highest BCUT2D eigenvalue weighted by atomic mass is 32.2. The van der Waals surface area contributed by atoms with Crippen LogP contribution in [-0.4, -0.2) is 44.5 Å². The van der Waals surface area contributed by atoms with Gasteiger partial charge in [0.15, 0.2) is 0 Å². The molecule has 1 atom stereocenters. The van der Waals surface area contributed by atoms with E-state index < -0.39 is 15.8 Å². The normalized spacial score (nSPS) is 19.0. The van der Waals surface area contributed by atoms with E-state index in [0.29, 0.717) is 25.9 Å². The Bertz CT molecular complexity index is 664. The molecule has 23 heavy (non-hydrogen) atoms. The third-order valence-corrected chi connectivity index (χ3v) is 5.07. The van der Waals surface area contributed by atoms with Crippen molar-refractivity contribution in [1.29, 1.82) is 0 Å². The molecule has 1 saturated heterocycles. The zero-order valence-electron chi connectivity index (χ0n) is 13.3. The van der Waals surface area contributed by atoms with Crippen LogP contribution in [0.2, 0.25) is 0 Å². The molecule has 2 rings (SSSR count). The predicted molar refractivity (Wildman–Crippen MR) is 85.0 cm³/mol. The lowest BCUT2D eigenvalue weighted by molar-refractivity contribution is 0.175. The first-order chi connectivity index (χ1) is 10.8. The summed E-state index contributed by atoms with van der Waals surface area (Å²) >= 11 is 0. The molecule has 0 spiro atoms. The Balaban J connectivity index is 2.03. The quantitative estimate of drug-likeness (QED) is 0.873. The molecule has 8 heteroatoms. The molecule has 2 N–H and O–H groups in total. The van der Waals surface area contributed by atoms with Crippen LogP contribution in [0.15, 0.2) is 29.2 Å². The lowest BCUT2D eigenvalue weighted by Gasteiger charge is -2.33. The minimum atomic E-state index is -3.80. The first-order valence-corrected chi connectivity index (χ1v) is 9.09. The Hall–Kier alpha value is -1.67. The molecule has 1 aliphatic heterocycles. The summed E-state index contributed by atoms with van der Waals surface area (Å²) in [5.41, 5.74) is 0. The van der Waals surface area contributed by atoms with Crippen molar-refractivity contribution >= 4 is 16.1 Å². The summed E-state index contributed by atoms with van der Waals surface area (Å²) in [6.45, 7) is 4.63. The highest BCUT2D eigenvalue weighted by Crippen LogP contribution is 2.15. The smallest absolute Gasteiger partial charge is 0.317 e. The Morgan fingerprint density at radius 1 is 1.39 bits per heavy atom. The maximum absolute atomic E-state index is 13.2. The summed E-state index contributed by atoms with van der Waals surface area (Å²) in [5.74, 6) is -0.602. The van der Waals surface area contributed by atoms with Gasteiger partial charge in [0, 0.05) is 25.2 Å². The fourth-order valence-electron chi connectivity index (χ4n) is 2.52. The second-order valence-electron chi connectivity index (χ2n) is 5.97. The molecule has 0 radical (unpaired) electrons. The van der Waals surface area contributed by atoms with E-state index in [1.807, 2.05) is 13.8 Å². The van der Waals surface area contributed by atoms with E-state index in [2.05, 4.69) is 10.0 Å². The van der Waals surface area contributed by atoms with Gasteiger partial charge in [-0.25, -0.2) is 22.3 Å². The minimum Gasteiger partial charge on any atom is -0.336 e. The van der Waals surface area contributed by atoms with Gasteiger partial charge in [-0.1, -0.05) is 6.07 Å². The molecule has 1 unspecified atom stereocenters. The lowest BCUT2D eigenvalue weighted by Crippen LogP contribution is -2.53. The van der Waals surface area contributed by atoms with E-state index in [-0.39, 0.29) is 23.0 Å². The molecule has 1 aromatic carbocycles. The van der Waals surface area contributed by atoms with Gasteiger partial charge in [0.1, 0.15) is 5.82 Å². The van der Waals surface area contributed by atoms with Crippen LogP contribution >= 0.6 is 0 Å². The molecule has 2 amide bonds. The maximum atomic E-state index is 13.2. The van der Waals surface area contributed by atoms with Crippen molar-refractivity contribution in [2.45, 2.75) is 43.7 Å². The van der Waals surface area contributed by atoms with E-state index in [0.717, 1.165) is 6.07 Å². The number of halogens is 1. The fraction of sp³-hybridized carbons (Fsp3) is 0.533. The van der Waals surface area contributed by atoms with E-state index in [1.165, 1.54) is 18.2 Å². The summed E-state index contributed by atoms with van der Waals surface area (Å²) in [4.78, 5) is 13.5. The maximum Gasteiger partial charge on any atom is 0.317 e. The SMILES string of the molecule is CC(C)NC(=O)N1CCCC(NS(=O)(=O)c2cccc(F)c2)C1. The van der Waals surface area contributed by atoms with Gasteiger partial charge in [-0.05, 0) is 44.9 Å². The average Bonchev–Trinajstić information content (AvgIpc) is 2.46. The largest absolute Gasteiger partial charge is 0.336 e. The molecule has 1 fully saturated rings. The number of amides is 2. The highest BCUT2D eigenvalue weighted by molar-refractivity contribution is 7.89. The Labute approximate surface area is 136 Å². The molecule has 1 aromatic rings. The van der Waals surface area contributed by atoms with Gasteiger partial charge in [-0.15, -0.1) is 0 Å². The number of urea groups is 1. The van der Waals surface area contributed by atoms with Gasteiger partial charge in [0.25, 0.3) is 0 Å². The van der Waals surface area contributed by atoms with Crippen LogP contribution in [0.1, 0.15) is 26.7 Å². The third-order valence-electron chi connectivity index (χ3n) is 3.55. The Morgan fingerprint density at radius 2 is 2.13 bits per heavy atom. The number of benzene rings is 1. The number of nitrogens with zero attached hydrogens (tertiary/aromatic N) is 1. The van der Waals surface area contributed by atoms with Crippen molar-refractivity contribution in [2.24, 2.45) is 0 Å². The number of carbonyl (C=O) groups is 1. The summed E-state index contributed by atoms with van der Waals surface area (Å²) in [7, 11) is -3.80. The topological polar surface area (TPSA) is 78.5 Å². The molecule has 1 heterocycles. The third kappa shape index (κ3) is 4.90. The van der Waals surface area contributed by atoms with Crippen molar-refractivity contribution in [3.8, 4) is 0 Å². The fourth-order valence-corrected chi connectivity index (χ4v) is 3.81. The van der Waals surface area contributed by atoms with E-state index in [1.54, 1.807) is 4.90 Å². The standard InChI is InChI=1S/C15H22FN3O3S/c1-11(2)17-15(20)19-8-4-6-13(10-19)18-23(21,22)14-7-3-5-12(16)9-14/h3,5,7,9,11,13,18H,4,6,8,10H2,1-2H3,(H,17,20). The molecule has 0 aromatic heterocycles. The lowest BCUT2D eigenvalue weighted by atomic mass is 10.1. The number of nitrogens with one attached hydrogen (secondary N) is 2. The number of likely N-dealkylation sites (tertiary alicyclic amines) is 1. The van der Waals surface area contributed by atoms with Gasteiger partial charge in [-0.3, -0.25) is 0 Å². The van der Waals surface area contributed by atoms with Crippen LogP contribution in [-0.2, 0) is 10.0 Å². The van der Waals surface area contributed by atoms with Crippen molar-refractivity contribution in [3.05, 3.63) is 30.1 Å². The van der Waals surface area contributed by atoms with Crippen molar-refractivity contribution < 1.29 is 17.6 Å². The molecule has 0 saturated carbocycles. The predicted octanol–water partition coefficient (Wildman–Crippen LogP) is 1.69. The second kappa shape index (κ2) is 7.27. The summed E-state index contributed by atoms with van der Waals surface area (Å²) in [5, 5.41) is 2.80. The van der Waals surface area contributed by atoms with Crippen molar-refractivity contribution in [3.63, 3.8) is 0 Å². The Morgan fingerprint density at radius 3 is 2.78 bits per heavy atom. The van der Waals surface area contributed by atoms with Gasteiger partial charge in [0.05, 0.1) is 4.90 Å². The highest BCUT2D eigenvalue weighted by Gasteiger charge is 2.27. The van der Waals surface area contributed by atoms with Crippen molar-refractivity contribution in [2.75, 3.05) is 13.1 Å². The molecule has 0 aliphatic carbocycles. The number of carbonyl (C=O) groups excluding carboxylic acids is 1. The van der Waals surface area contributed by atoms with E-state index in [9.17, 15) is 17.6 Å². The number of hydrogen-bond donors (Lipinski definition) is 2. The summed E-state index contributed by atoms with van der Waals surface area (Å²) in [6, 6.07) is 4.31. The number of sulfonamides is 1. The Kier molecular flexibility index (Phi) is 5.59. The minimum absolute atomic E-state index is 0.0202. The second-order valence-corrected chi connectivity index (χ2v) is 7.68. The van der Waals surface area contributed by atoms with Gasteiger partial charge in [0.2, 0.25) is 10.0 Å². The zero-order chi connectivity index (χ0) is 17.0. The van der Waals surface area contributed by atoms with Crippen LogP contribution in [0, 0.1) is 5.82 Å². The van der Waals surface area contributed by atoms with E-state index in [4.69, 9.17) is 0 Å². The average molecular weight is 343 g/mol. The van der Waals surface area contributed by atoms with Crippen LogP contribution < -0.4 is 10.0 Å². The van der Waals surface area contributed by atoms with Gasteiger partial charge in [-0.2, -0.15) is 0 Å². The first-order valence-electron chi connectivity index (χ1n) is 7.61. The molecule has 0 bridgehead atoms. The van der Waals surface area contributed by atoms with Gasteiger partial charge < -0.3 is 10.2 Å². The number of piperidine rings is 1. The van der Waals surface area contributed by atoms with Gasteiger partial charge >= 0.3 is 6.03 Å². The molecular weight excluding hydrogens is 321 g/mol. The molecule has 1 aliphatic rings. The van der Waals surface area contributed by atoms with Crippen LogP contribution in [0.5, 0.6) is 0 Å². The van der Waals surface area contributed by atoms with Crippen LogP contribution in [0.25, 0.3) is 0 Å². The molecule has 128 valence electrons. The molecular formula is C15H22FN3O3S. The summed E-state index contributed by atoms with van der Waals surface area (Å²) in [6.07, 6.45) is 1.35. The number of rotatable bonds is 4. The van der Waals surface area contributed by atoms with E-state index >= 15 is 0 Å². The van der Waals surface area contributed by atoms with Crippen molar-refractivity contribution in [1.82, 2.24) is 14.9 Å². The summed E-state index contributed by atoms with van der Waals surface area (Å²) < 4.78 is 40.4. The monoisotopic (exact) mass is 343 g/mol. The molecule has 6 nitrogen and oxygen atoms in total.